The minimum Gasteiger partial charge on any atom is -0.506 e. The highest BCUT2D eigenvalue weighted by atomic mass is 16.3. The maximum absolute atomic E-state index is 12.4. The van der Waals surface area contributed by atoms with Gasteiger partial charge in [0.05, 0.1) is 0 Å². The molecule has 20 heavy (non-hydrogen) atoms. The quantitative estimate of drug-likeness (QED) is 0.261. The lowest BCUT2D eigenvalue weighted by Gasteiger charge is -2.09. The molecule has 0 heterocycles. The molecule has 0 aliphatic carbocycles. The number of rotatable bonds is 4. The minimum atomic E-state index is -0.473. The summed E-state index contributed by atoms with van der Waals surface area (Å²) in [7, 11) is 0. The Hall–Kier alpha value is -2.88. The van der Waals surface area contributed by atoms with Crippen LogP contribution in [0.2, 0.25) is 0 Å². The number of nitrogens with two attached hydrogens (primary N) is 1. The van der Waals surface area contributed by atoms with Gasteiger partial charge in [0.15, 0.2) is 5.78 Å². The number of nitrogens with one attached hydrogen (secondary N) is 1. The van der Waals surface area contributed by atoms with Crippen LogP contribution in [0.15, 0.2) is 66.2 Å². The minimum absolute atomic E-state index is 0.192. The van der Waals surface area contributed by atoms with Crippen LogP contribution in [0.25, 0.3) is 5.76 Å². The summed E-state index contributed by atoms with van der Waals surface area (Å²) in [6.45, 7) is 0. The third-order valence-corrected chi connectivity index (χ3v) is 2.82. The van der Waals surface area contributed by atoms with E-state index in [0.29, 0.717) is 11.1 Å². The van der Waals surface area contributed by atoms with E-state index in [0.717, 1.165) is 0 Å². The summed E-state index contributed by atoms with van der Waals surface area (Å²) >= 11 is 0. The van der Waals surface area contributed by atoms with Gasteiger partial charge in [0, 0.05) is 11.1 Å². The Morgan fingerprint density at radius 2 is 1.35 bits per heavy atom. The van der Waals surface area contributed by atoms with Crippen LogP contribution in [-0.2, 0) is 0 Å². The molecule has 4 heteroatoms. The molecule has 0 bridgehead atoms. The van der Waals surface area contributed by atoms with Crippen molar-refractivity contribution in [2.24, 2.45) is 5.73 Å². The zero-order chi connectivity index (χ0) is 14.5. The molecule has 2 aromatic rings. The van der Waals surface area contributed by atoms with Gasteiger partial charge in [-0.3, -0.25) is 10.2 Å². The average molecular weight is 266 g/mol. The zero-order valence-electron chi connectivity index (χ0n) is 10.7. The molecule has 0 aromatic heterocycles. The van der Waals surface area contributed by atoms with Gasteiger partial charge in [-0.05, 0) is 0 Å². The number of Topliss-reactive ketones (excluding diaryl/α,β-unsaturated/α-hetero) is 1. The monoisotopic (exact) mass is 266 g/mol. The van der Waals surface area contributed by atoms with Crippen molar-refractivity contribution in [3.8, 4) is 0 Å². The van der Waals surface area contributed by atoms with Gasteiger partial charge in [-0.25, -0.2) is 0 Å². The molecule has 4 N–H and O–H groups in total. The summed E-state index contributed by atoms with van der Waals surface area (Å²) in [6, 6.07) is 17.0. The van der Waals surface area contributed by atoms with Gasteiger partial charge < -0.3 is 10.8 Å². The second-order valence-corrected chi connectivity index (χ2v) is 4.20. The highest BCUT2D eigenvalue weighted by molar-refractivity contribution is 6.29. The van der Waals surface area contributed by atoms with Crippen LogP contribution >= 0.6 is 0 Å². The maximum Gasteiger partial charge on any atom is 0.200 e. The fourth-order valence-electron chi connectivity index (χ4n) is 1.83. The Morgan fingerprint density at radius 3 is 1.80 bits per heavy atom. The number of aliphatic hydroxyl groups is 1. The number of benzene rings is 2. The molecule has 0 aliphatic heterocycles. The van der Waals surface area contributed by atoms with Gasteiger partial charge in [0.2, 0.25) is 0 Å². The van der Waals surface area contributed by atoms with Crippen molar-refractivity contribution in [1.29, 1.82) is 5.41 Å². The van der Waals surface area contributed by atoms with E-state index < -0.39 is 11.6 Å². The first-order chi connectivity index (χ1) is 9.61. The van der Waals surface area contributed by atoms with E-state index in [4.69, 9.17) is 11.1 Å². The third-order valence-electron chi connectivity index (χ3n) is 2.82. The molecule has 0 fully saturated rings. The molecule has 0 atom stereocenters. The van der Waals surface area contributed by atoms with Crippen LogP contribution in [-0.4, -0.2) is 16.7 Å². The summed E-state index contributed by atoms with van der Waals surface area (Å²) in [5.74, 6) is -1.22. The summed E-state index contributed by atoms with van der Waals surface area (Å²) in [5, 5.41) is 17.8. The molecule has 0 radical (unpaired) electrons. The lowest BCUT2D eigenvalue weighted by Crippen LogP contribution is -2.22. The average Bonchev–Trinajstić information content (AvgIpc) is 2.48. The summed E-state index contributed by atoms with van der Waals surface area (Å²) in [5.41, 5.74) is 6.09. The van der Waals surface area contributed by atoms with E-state index in [2.05, 4.69) is 0 Å². The van der Waals surface area contributed by atoms with Crippen molar-refractivity contribution >= 4 is 17.4 Å². The first-order valence-electron chi connectivity index (χ1n) is 6.04. The molecular formula is C16H14N2O2. The summed E-state index contributed by atoms with van der Waals surface area (Å²) < 4.78 is 0. The topological polar surface area (TPSA) is 87.2 Å². The van der Waals surface area contributed by atoms with Gasteiger partial charge in [0.25, 0.3) is 0 Å². The van der Waals surface area contributed by atoms with Crippen LogP contribution in [0.1, 0.15) is 15.9 Å². The van der Waals surface area contributed by atoms with Gasteiger partial charge in [0.1, 0.15) is 17.2 Å². The van der Waals surface area contributed by atoms with E-state index in [1.165, 1.54) is 0 Å². The largest absolute Gasteiger partial charge is 0.506 e. The van der Waals surface area contributed by atoms with Crippen molar-refractivity contribution in [3.63, 3.8) is 0 Å². The Labute approximate surface area is 116 Å². The van der Waals surface area contributed by atoms with Crippen molar-refractivity contribution in [1.82, 2.24) is 0 Å². The molecule has 0 aliphatic rings. The Bertz CT molecular complexity index is 661. The molecule has 0 saturated heterocycles. The third kappa shape index (κ3) is 2.75. The van der Waals surface area contributed by atoms with Crippen LogP contribution in [0.3, 0.4) is 0 Å². The number of amidine groups is 1. The Balaban J connectivity index is 2.53. The zero-order valence-corrected chi connectivity index (χ0v) is 10.7. The molecular weight excluding hydrogens is 252 g/mol. The number of carbonyl (C=O) groups is 1. The predicted octanol–water partition coefficient (Wildman–Crippen LogP) is 2.77. The van der Waals surface area contributed by atoms with Crippen molar-refractivity contribution in [3.05, 3.63) is 77.4 Å². The van der Waals surface area contributed by atoms with E-state index in [9.17, 15) is 9.90 Å². The highest BCUT2D eigenvalue weighted by Gasteiger charge is 2.20. The van der Waals surface area contributed by atoms with Gasteiger partial charge in [-0.15, -0.1) is 0 Å². The fraction of sp³-hybridized carbons (Fsp3) is 0. The lowest BCUT2D eigenvalue weighted by atomic mass is 9.99. The van der Waals surface area contributed by atoms with Crippen LogP contribution in [0.4, 0.5) is 0 Å². The van der Waals surface area contributed by atoms with E-state index >= 15 is 0 Å². The standard InChI is InChI=1S/C16H14N2O2/c17-16(18)13(14(19)11-7-3-1-4-8-11)15(20)12-9-5-2-6-10-12/h1-10,19H,(H3,17,18)/b14-13-. The number of hydrogen-bond acceptors (Lipinski definition) is 3. The summed E-state index contributed by atoms with van der Waals surface area (Å²) in [4.78, 5) is 12.4. The van der Waals surface area contributed by atoms with E-state index in [-0.39, 0.29) is 11.3 Å². The SMILES string of the molecule is N=C(N)/C(C(=O)c1ccccc1)=C(\O)c1ccccc1. The fourth-order valence-corrected chi connectivity index (χ4v) is 1.83. The second kappa shape index (κ2) is 5.84. The van der Waals surface area contributed by atoms with Crippen LogP contribution in [0.5, 0.6) is 0 Å². The normalized spacial score (nSPS) is 11.6. The van der Waals surface area contributed by atoms with Crippen LogP contribution < -0.4 is 5.73 Å². The van der Waals surface area contributed by atoms with Crippen LogP contribution in [0, 0.1) is 5.41 Å². The van der Waals surface area contributed by atoms with Crippen molar-refractivity contribution < 1.29 is 9.90 Å². The Morgan fingerprint density at radius 1 is 0.900 bits per heavy atom. The lowest BCUT2D eigenvalue weighted by molar-refractivity contribution is 0.103. The first kappa shape index (κ1) is 13.5. The summed E-state index contributed by atoms with van der Waals surface area (Å²) in [6.07, 6.45) is 0. The predicted molar refractivity (Wildman–Crippen MR) is 78.7 cm³/mol. The molecule has 0 spiro atoms. The number of hydrogen-bond donors (Lipinski definition) is 3. The van der Waals surface area contributed by atoms with E-state index in [1.54, 1.807) is 60.7 Å². The number of ketones is 1. The molecule has 0 amide bonds. The molecule has 0 saturated carbocycles. The first-order valence-corrected chi connectivity index (χ1v) is 6.04. The molecule has 0 unspecified atom stereocenters. The number of carbonyl (C=O) groups excluding carboxylic acids is 1. The smallest absolute Gasteiger partial charge is 0.200 e. The van der Waals surface area contributed by atoms with Crippen molar-refractivity contribution in [2.45, 2.75) is 0 Å². The van der Waals surface area contributed by atoms with Gasteiger partial charge in [-0.2, -0.15) is 0 Å². The van der Waals surface area contributed by atoms with Gasteiger partial charge >= 0.3 is 0 Å². The second-order valence-electron chi connectivity index (χ2n) is 4.20. The molecule has 2 aromatic carbocycles. The molecule has 2 rings (SSSR count). The van der Waals surface area contributed by atoms with Crippen molar-refractivity contribution in [2.75, 3.05) is 0 Å². The number of aliphatic hydroxyl groups excluding tert-OH is 1. The molecule has 4 nitrogen and oxygen atoms in total. The molecule has 100 valence electrons. The van der Waals surface area contributed by atoms with E-state index in [1.807, 2.05) is 0 Å². The maximum atomic E-state index is 12.4. The highest BCUT2D eigenvalue weighted by Crippen LogP contribution is 2.19. The van der Waals surface area contributed by atoms with Gasteiger partial charge in [-0.1, -0.05) is 60.7 Å². The Kier molecular flexibility index (Phi) is 3.96.